The normalized spacial score (nSPS) is 19.2. The van der Waals surface area contributed by atoms with E-state index >= 15 is 0 Å². The Kier molecular flexibility index (Phi) is 2.98. The third-order valence-corrected chi connectivity index (χ3v) is 3.39. The summed E-state index contributed by atoms with van der Waals surface area (Å²) in [6, 6.07) is 5.36. The Morgan fingerprint density at radius 1 is 1.65 bits per heavy atom. The van der Waals surface area contributed by atoms with Gasteiger partial charge in [-0.05, 0) is 24.0 Å². The highest BCUT2D eigenvalue weighted by Crippen LogP contribution is 2.34. The van der Waals surface area contributed by atoms with Crippen molar-refractivity contribution < 1.29 is 4.79 Å². The van der Waals surface area contributed by atoms with Crippen molar-refractivity contribution in [1.29, 1.82) is 0 Å². The lowest BCUT2D eigenvalue weighted by Gasteiger charge is -2.14. The van der Waals surface area contributed by atoms with Crippen molar-refractivity contribution in [1.82, 2.24) is 0 Å². The van der Waals surface area contributed by atoms with Crippen molar-refractivity contribution >= 4 is 11.5 Å². The minimum absolute atomic E-state index is 0.0120. The van der Waals surface area contributed by atoms with Gasteiger partial charge in [-0.2, -0.15) is 0 Å². The minimum atomic E-state index is -0.0120. The second-order valence-corrected chi connectivity index (χ2v) is 4.51. The van der Waals surface area contributed by atoms with Crippen LogP contribution in [0.4, 0.5) is 5.69 Å². The highest BCUT2D eigenvalue weighted by molar-refractivity contribution is 6.03. The molecule has 1 aromatic rings. The Bertz CT molecular complexity index is 545. The molecule has 0 saturated heterocycles. The van der Waals surface area contributed by atoms with Crippen molar-refractivity contribution in [3.05, 3.63) is 40.7 Å². The number of rotatable bonds is 2. The summed E-state index contributed by atoms with van der Waals surface area (Å²) in [5.41, 5.74) is 2.30. The fraction of sp³-hybridized carbons (Fsp3) is 0.333. The van der Waals surface area contributed by atoms with Crippen LogP contribution in [0.1, 0.15) is 29.3 Å². The summed E-state index contributed by atoms with van der Waals surface area (Å²) >= 11 is 0. The molecule has 0 heterocycles. The van der Waals surface area contributed by atoms with Crippen LogP contribution in [0.5, 0.6) is 0 Å². The predicted octanol–water partition coefficient (Wildman–Crippen LogP) is 3.25. The molecule has 1 aliphatic rings. The molecule has 1 aliphatic carbocycles. The lowest BCUT2D eigenvalue weighted by Crippen LogP contribution is -2.17. The summed E-state index contributed by atoms with van der Waals surface area (Å²) in [6.07, 6.45) is 6.68. The van der Waals surface area contributed by atoms with E-state index in [9.17, 15) is 4.79 Å². The molecule has 2 rings (SSSR count). The molecule has 0 aromatic heterocycles. The van der Waals surface area contributed by atoms with Crippen LogP contribution < -0.4 is 0 Å². The summed E-state index contributed by atoms with van der Waals surface area (Å²) in [4.78, 5) is 15.6. The first-order chi connectivity index (χ1) is 8.17. The summed E-state index contributed by atoms with van der Waals surface area (Å²) in [5, 5.41) is 0. The molecular formula is C15H13NO. The molecule has 84 valence electrons. The van der Waals surface area contributed by atoms with Gasteiger partial charge in [0, 0.05) is 17.9 Å². The van der Waals surface area contributed by atoms with Gasteiger partial charge in [0.15, 0.2) is 11.5 Å². The van der Waals surface area contributed by atoms with Crippen LogP contribution in [0.25, 0.3) is 4.85 Å². The Morgan fingerprint density at radius 3 is 3.06 bits per heavy atom. The number of terminal acetylenes is 1. The average Bonchev–Trinajstić information content (AvgIpc) is 2.67. The van der Waals surface area contributed by atoms with Crippen LogP contribution in [-0.4, -0.2) is 5.78 Å². The SMILES string of the molecule is [C-]#[N+]c1ccc2c(c1)C(=O)C(C(C)CC#C)C2. The number of hydrogen-bond donors (Lipinski definition) is 0. The minimum Gasteiger partial charge on any atom is -0.294 e. The van der Waals surface area contributed by atoms with E-state index in [1.54, 1.807) is 12.1 Å². The molecule has 1 aromatic carbocycles. The number of carbonyl (C=O) groups is 1. The van der Waals surface area contributed by atoms with Crippen LogP contribution in [0, 0.1) is 30.8 Å². The number of hydrogen-bond acceptors (Lipinski definition) is 1. The maximum absolute atomic E-state index is 12.2. The maximum Gasteiger partial charge on any atom is 0.187 e. The molecule has 0 bridgehead atoms. The van der Waals surface area contributed by atoms with Gasteiger partial charge in [0.05, 0.1) is 6.57 Å². The summed E-state index contributed by atoms with van der Waals surface area (Å²) < 4.78 is 0. The van der Waals surface area contributed by atoms with Crippen molar-refractivity contribution in [2.24, 2.45) is 11.8 Å². The first-order valence-electron chi connectivity index (χ1n) is 5.65. The molecule has 2 atom stereocenters. The first kappa shape index (κ1) is 11.4. The lowest BCUT2D eigenvalue weighted by atomic mass is 9.88. The van der Waals surface area contributed by atoms with E-state index in [4.69, 9.17) is 13.0 Å². The van der Waals surface area contributed by atoms with Gasteiger partial charge >= 0.3 is 0 Å². The van der Waals surface area contributed by atoms with E-state index in [0.717, 1.165) is 12.0 Å². The monoisotopic (exact) mass is 223 g/mol. The zero-order valence-corrected chi connectivity index (χ0v) is 9.73. The number of Topliss-reactive ketones (excluding diaryl/α,β-unsaturated/α-hetero) is 1. The maximum atomic E-state index is 12.2. The molecule has 0 N–H and O–H groups in total. The number of nitrogens with zero attached hydrogens (tertiary/aromatic N) is 1. The summed E-state index contributed by atoms with van der Waals surface area (Å²) in [5.74, 6) is 2.95. The quantitative estimate of drug-likeness (QED) is 0.557. The van der Waals surface area contributed by atoms with Crippen molar-refractivity contribution in [2.45, 2.75) is 19.8 Å². The van der Waals surface area contributed by atoms with Gasteiger partial charge in [-0.15, -0.1) is 12.3 Å². The molecule has 0 amide bonds. The molecule has 0 spiro atoms. The highest BCUT2D eigenvalue weighted by atomic mass is 16.1. The third kappa shape index (κ3) is 1.95. The first-order valence-corrected chi connectivity index (χ1v) is 5.65. The Morgan fingerprint density at radius 2 is 2.41 bits per heavy atom. The molecule has 17 heavy (non-hydrogen) atoms. The van der Waals surface area contributed by atoms with Crippen molar-refractivity contribution in [2.75, 3.05) is 0 Å². The standard InChI is InChI=1S/C15H13NO/c1-4-5-10(2)13-8-11-6-7-12(16-3)9-14(11)15(13)17/h1,6-7,9-10,13H,5,8H2,2H3. The van der Waals surface area contributed by atoms with Crippen molar-refractivity contribution in [3.63, 3.8) is 0 Å². The van der Waals surface area contributed by atoms with E-state index in [0.29, 0.717) is 17.7 Å². The third-order valence-electron chi connectivity index (χ3n) is 3.39. The van der Waals surface area contributed by atoms with Gasteiger partial charge in [0.2, 0.25) is 0 Å². The van der Waals surface area contributed by atoms with Gasteiger partial charge in [0.25, 0.3) is 0 Å². The largest absolute Gasteiger partial charge is 0.294 e. The van der Waals surface area contributed by atoms with Gasteiger partial charge < -0.3 is 0 Å². The zero-order valence-electron chi connectivity index (χ0n) is 9.73. The van der Waals surface area contributed by atoms with Gasteiger partial charge in [-0.3, -0.25) is 4.79 Å². The van der Waals surface area contributed by atoms with Crippen LogP contribution in [0.2, 0.25) is 0 Å². The fourth-order valence-corrected chi connectivity index (χ4v) is 2.36. The second-order valence-electron chi connectivity index (χ2n) is 4.51. The molecule has 2 nitrogen and oxygen atoms in total. The van der Waals surface area contributed by atoms with Gasteiger partial charge in [-0.25, -0.2) is 4.85 Å². The van der Waals surface area contributed by atoms with E-state index in [2.05, 4.69) is 10.8 Å². The van der Waals surface area contributed by atoms with Gasteiger partial charge in [-0.1, -0.05) is 19.1 Å². The Balaban J connectivity index is 2.31. The zero-order chi connectivity index (χ0) is 12.4. The predicted molar refractivity (Wildman–Crippen MR) is 66.8 cm³/mol. The Labute approximate surface area is 101 Å². The molecule has 0 saturated carbocycles. The summed E-state index contributed by atoms with van der Waals surface area (Å²) in [6.45, 7) is 8.98. The topological polar surface area (TPSA) is 21.4 Å². The molecule has 2 heteroatoms. The Hall–Kier alpha value is -2.06. The fourth-order valence-electron chi connectivity index (χ4n) is 2.36. The molecular weight excluding hydrogens is 210 g/mol. The number of benzene rings is 1. The highest BCUT2D eigenvalue weighted by Gasteiger charge is 2.33. The second kappa shape index (κ2) is 4.44. The molecule has 0 radical (unpaired) electrons. The van der Waals surface area contributed by atoms with E-state index < -0.39 is 0 Å². The molecule has 0 aliphatic heterocycles. The van der Waals surface area contributed by atoms with Crippen molar-refractivity contribution in [3.8, 4) is 12.3 Å². The van der Waals surface area contributed by atoms with Crippen LogP contribution >= 0.6 is 0 Å². The van der Waals surface area contributed by atoms with E-state index in [1.807, 2.05) is 13.0 Å². The van der Waals surface area contributed by atoms with Crippen LogP contribution in [0.15, 0.2) is 18.2 Å². The lowest BCUT2D eigenvalue weighted by molar-refractivity contribution is 0.0901. The number of carbonyl (C=O) groups excluding carboxylic acids is 1. The van der Waals surface area contributed by atoms with E-state index in [1.165, 1.54) is 0 Å². The smallest absolute Gasteiger partial charge is 0.187 e. The molecule has 0 fully saturated rings. The number of fused-ring (bicyclic) bond motifs is 1. The average molecular weight is 223 g/mol. The molecule has 2 unspecified atom stereocenters. The summed E-state index contributed by atoms with van der Waals surface area (Å²) in [7, 11) is 0. The van der Waals surface area contributed by atoms with E-state index in [-0.39, 0.29) is 17.6 Å². The van der Waals surface area contributed by atoms with Crippen LogP contribution in [0.3, 0.4) is 0 Å². The van der Waals surface area contributed by atoms with Crippen LogP contribution in [-0.2, 0) is 6.42 Å². The number of ketones is 1. The van der Waals surface area contributed by atoms with Gasteiger partial charge in [0.1, 0.15) is 0 Å².